The van der Waals surface area contributed by atoms with Gasteiger partial charge in [-0.1, -0.05) is 6.07 Å². The average molecular weight is 392 g/mol. The Kier molecular flexibility index (Phi) is 5.98. The fourth-order valence-electron chi connectivity index (χ4n) is 2.90. The van der Waals surface area contributed by atoms with E-state index in [2.05, 4.69) is 0 Å². The van der Waals surface area contributed by atoms with Crippen molar-refractivity contribution in [1.29, 1.82) is 0 Å². The molecule has 144 valence electrons. The van der Waals surface area contributed by atoms with Gasteiger partial charge in [-0.15, -0.1) is 0 Å². The number of hydrogen-bond acceptors (Lipinski definition) is 8. The van der Waals surface area contributed by atoms with Crippen molar-refractivity contribution < 1.29 is 33.8 Å². The lowest BCUT2D eigenvalue weighted by Crippen LogP contribution is -2.20. The summed E-state index contributed by atoms with van der Waals surface area (Å²) in [6.07, 6.45) is 0.0783. The molecule has 0 saturated heterocycles. The highest BCUT2D eigenvalue weighted by molar-refractivity contribution is 7.93. The number of ketones is 1. The predicted molar refractivity (Wildman–Crippen MR) is 100 cm³/mol. The first kappa shape index (κ1) is 19.2. The number of benzene rings is 2. The Balaban J connectivity index is 1.83. The highest BCUT2D eigenvalue weighted by Crippen LogP contribution is 2.43. The van der Waals surface area contributed by atoms with Crippen LogP contribution in [0.1, 0.15) is 34.9 Å². The number of fused-ring (bicyclic) bond motifs is 1. The molecule has 2 aromatic rings. The second kappa shape index (κ2) is 8.41. The molecule has 2 aromatic carbocycles. The molecule has 0 aliphatic carbocycles. The van der Waals surface area contributed by atoms with Crippen LogP contribution in [0.25, 0.3) is 0 Å². The molecular weight excluding hydrogens is 372 g/mol. The summed E-state index contributed by atoms with van der Waals surface area (Å²) in [5.74, 6) is 0.986. The number of rotatable bonds is 7. The zero-order chi connectivity index (χ0) is 19.4. The summed E-state index contributed by atoms with van der Waals surface area (Å²) in [5, 5.41) is 20.2. The summed E-state index contributed by atoms with van der Waals surface area (Å²) in [4.78, 5) is 12.5. The Morgan fingerprint density at radius 3 is 2.74 bits per heavy atom. The van der Waals surface area contributed by atoms with Crippen LogP contribution in [0.4, 0.5) is 0 Å². The average Bonchev–Trinajstić information content (AvgIpc) is 2.64. The molecule has 8 heteroatoms. The van der Waals surface area contributed by atoms with Gasteiger partial charge in [0.05, 0.1) is 20.1 Å². The number of carbonyl (C=O) groups is 1. The molecule has 1 heterocycles. The summed E-state index contributed by atoms with van der Waals surface area (Å²) in [7, 11) is 1.45. The van der Waals surface area contributed by atoms with Crippen molar-refractivity contribution in [1.82, 2.24) is 0 Å². The van der Waals surface area contributed by atoms with Gasteiger partial charge in [-0.25, -0.2) is 0 Å². The molecule has 3 rings (SSSR count). The van der Waals surface area contributed by atoms with Crippen LogP contribution in [0.2, 0.25) is 0 Å². The van der Waals surface area contributed by atoms with Crippen LogP contribution in [0.5, 0.6) is 28.7 Å². The summed E-state index contributed by atoms with van der Waals surface area (Å²) < 4.78 is 25.2. The van der Waals surface area contributed by atoms with Crippen molar-refractivity contribution in [3.8, 4) is 28.7 Å². The third-order valence-corrected chi connectivity index (χ3v) is 4.67. The minimum absolute atomic E-state index is 0.0419. The zero-order valence-electron chi connectivity index (χ0n) is 14.7. The second-order valence-electron chi connectivity index (χ2n) is 6.02. The Labute approximate surface area is 160 Å². The monoisotopic (exact) mass is 392 g/mol. The van der Waals surface area contributed by atoms with Crippen molar-refractivity contribution in [3.63, 3.8) is 0 Å². The number of phenolic OH excluding ortho intramolecular Hbond substituents is 2. The van der Waals surface area contributed by atoms with Crippen LogP contribution in [0.15, 0.2) is 30.3 Å². The molecule has 0 spiro atoms. The molecular formula is C19H20O7S. The highest BCUT2D eigenvalue weighted by Gasteiger charge is 2.31. The maximum Gasteiger partial charge on any atom is 0.174 e. The van der Waals surface area contributed by atoms with Gasteiger partial charge in [-0.05, 0) is 36.2 Å². The lowest BCUT2D eigenvalue weighted by atomic mass is 9.95. The van der Waals surface area contributed by atoms with Gasteiger partial charge >= 0.3 is 0 Å². The quantitative estimate of drug-likeness (QED) is 0.483. The number of hydrogen-bond donors (Lipinski definition) is 3. The topological polar surface area (TPSA) is 105 Å². The van der Waals surface area contributed by atoms with E-state index in [4.69, 9.17) is 18.8 Å². The standard InChI is InChI=1S/C19H20O7S/c1-24-16-4-3-11(7-13(16)20)17-10-15(22)19-14(21)8-12(9-18(19)26-17)25-5-2-6-27-23/h3-4,7-9,17,20-21,23H,2,5-6,10H2,1H3. The fourth-order valence-corrected chi connectivity index (χ4v) is 3.15. The van der Waals surface area contributed by atoms with E-state index in [1.807, 2.05) is 0 Å². The molecule has 3 N–H and O–H groups in total. The van der Waals surface area contributed by atoms with E-state index in [9.17, 15) is 15.0 Å². The molecule has 0 fully saturated rings. The van der Waals surface area contributed by atoms with E-state index in [0.29, 0.717) is 35.8 Å². The summed E-state index contributed by atoms with van der Waals surface area (Å²) >= 11 is 0.737. The number of ether oxygens (including phenoxy) is 3. The molecule has 1 atom stereocenters. The Hall–Kier alpha value is -2.58. The first-order chi connectivity index (χ1) is 13.0. The van der Waals surface area contributed by atoms with Gasteiger partial charge in [0.1, 0.15) is 28.9 Å². The number of phenols is 2. The minimum atomic E-state index is -0.595. The van der Waals surface area contributed by atoms with Crippen LogP contribution in [-0.2, 0) is 0 Å². The van der Waals surface area contributed by atoms with Gasteiger partial charge < -0.3 is 29.0 Å². The van der Waals surface area contributed by atoms with Crippen LogP contribution in [0.3, 0.4) is 0 Å². The van der Waals surface area contributed by atoms with E-state index in [-0.39, 0.29) is 35.0 Å². The molecule has 0 saturated carbocycles. The van der Waals surface area contributed by atoms with E-state index in [0.717, 1.165) is 12.0 Å². The maximum absolute atomic E-state index is 12.5. The number of carbonyl (C=O) groups excluding carboxylic acids is 1. The van der Waals surface area contributed by atoms with E-state index in [1.165, 1.54) is 19.2 Å². The fraction of sp³-hybridized carbons (Fsp3) is 0.316. The van der Waals surface area contributed by atoms with E-state index < -0.39 is 6.10 Å². The number of methoxy groups -OCH3 is 1. The SMILES string of the molecule is COc1ccc(C2CC(=O)c3c(O)cc(OCCCSO)cc3O2)cc1O. The Morgan fingerprint density at radius 2 is 2.04 bits per heavy atom. The van der Waals surface area contributed by atoms with Gasteiger partial charge in [0.15, 0.2) is 17.3 Å². The molecule has 27 heavy (non-hydrogen) atoms. The van der Waals surface area contributed by atoms with Crippen LogP contribution < -0.4 is 14.2 Å². The van der Waals surface area contributed by atoms with Crippen LogP contribution in [0, 0.1) is 0 Å². The zero-order valence-corrected chi connectivity index (χ0v) is 15.5. The summed E-state index contributed by atoms with van der Waals surface area (Å²) in [6.45, 7) is 0.357. The van der Waals surface area contributed by atoms with Gasteiger partial charge in [0.25, 0.3) is 0 Å². The smallest absolute Gasteiger partial charge is 0.174 e. The molecule has 7 nitrogen and oxygen atoms in total. The van der Waals surface area contributed by atoms with Crippen molar-refractivity contribution >= 4 is 17.8 Å². The van der Waals surface area contributed by atoms with Crippen molar-refractivity contribution in [2.45, 2.75) is 18.9 Å². The minimum Gasteiger partial charge on any atom is -0.507 e. The predicted octanol–water partition coefficient (Wildman–Crippen LogP) is 3.79. The van der Waals surface area contributed by atoms with Gasteiger partial charge in [-0.3, -0.25) is 4.79 Å². The van der Waals surface area contributed by atoms with Crippen molar-refractivity contribution in [3.05, 3.63) is 41.5 Å². The van der Waals surface area contributed by atoms with Gasteiger partial charge in [0.2, 0.25) is 0 Å². The molecule has 0 radical (unpaired) electrons. The number of Topliss-reactive ketones (excluding diaryl/α,β-unsaturated/α-hetero) is 1. The van der Waals surface area contributed by atoms with E-state index >= 15 is 0 Å². The molecule has 0 amide bonds. The third-order valence-electron chi connectivity index (χ3n) is 4.20. The molecule has 1 aliphatic heterocycles. The summed E-state index contributed by atoms with van der Waals surface area (Å²) in [5.41, 5.74) is 0.750. The van der Waals surface area contributed by atoms with Crippen LogP contribution >= 0.6 is 12.0 Å². The maximum atomic E-state index is 12.5. The Morgan fingerprint density at radius 1 is 1.22 bits per heavy atom. The lowest BCUT2D eigenvalue weighted by molar-refractivity contribution is 0.0844. The largest absolute Gasteiger partial charge is 0.507 e. The first-order valence-electron chi connectivity index (χ1n) is 8.36. The van der Waals surface area contributed by atoms with Gasteiger partial charge in [0, 0.05) is 17.9 Å². The van der Waals surface area contributed by atoms with Crippen molar-refractivity contribution in [2.24, 2.45) is 0 Å². The van der Waals surface area contributed by atoms with Crippen molar-refractivity contribution in [2.75, 3.05) is 19.5 Å². The number of aromatic hydroxyl groups is 2. The Bertz CT molecular complexity index is 837. The molecule has 1 aliphatic rings. The summed E-state index contributed by atoms with van der Waals surface area (Å²) in [6, 6.07) is 7.76. The molecule has 0 bridgehead atoms. The normalized spacial score (nSPS) is 15.8. The lowest BCUT2D eigenvalue weighted by Gasteiger charge is -2.26. The molecule has 1 unspecified atom stereocenters. The van der Waals surface area contributed by atoms with E-state index in [1.54, 1.807) is 18.2 Å². The first-order valence-corrected chi connectivity index (χ1v) is 9.30. The highest BCUT2D eigenvalue weighted by atomic mass is 32.2. The second-order valence-corrected chi connectivity index (χ2v) is 6.68. The van der Waals surface area contributed by atoms with Crippen LogP contribution in [-0.4, -0.2) is 40.0 Å². The van der Waals surface area contributed by atoms with Gasteiger partial charge in [-0.2, -0.15) is 0 Å². The third kappa shape index (κ3) is 4.23. The molecule has 0 aromatic heterocycles.